The number of ether oxygens (including phenoxy) is 1. The summed E-state index contributed by atoms with van der Waals surface area (Å²) < 4.78 is 6.56. The SMILES string of the molecule is N#C/C(=C\c1cc(Br)ccc1OCc1ccccc1Cl)C(N)=O. The van der Waals surface area contributed by atoms with Crippen LogP contribution >= 0.6 is 27.5 Å². The minimum absolute atomic E-state index is 0.148. The van der Waals surface area contributed by atoms with Crippen LogP contribution in [0.25, 0.3) is 6.08 Å². The number of primary amides is 1. The molecule has 0 fully saturated rings. The second-order valence-electron chi connectivity index (χ2n) is 4.60. The van der Waals surface area contributed by atoms with Crippen molar-refractivity contribution < 1.29 is 9.53 Å². The molecule has 0 aliphatic rings. The Morgan fingerprint density at radius 2 is 2.09 bits per heavy atom. The first-order valence-electron chi connectivity index (χ1n) is 6.58. The summed E-state index contributed by atoms with van der Waals surface area (Å²) in [4.78, 5) is 11.2. The normalized spacial score (nSPS) is 10.9. The summed E-state index contributed by atoms with van der Waals surface area (Å²) in [6.45, 7) is 0.264. The molecule has 0 spiro atoms. The van der Waals surface area contributed by atoms with Gasteiger partial charge in [-0.25, -0.2) is 0 Å². The highest BCUT2D eigenvalue weighted by molar-refractivity contribution is 9.10. The predicted molar refractivity (Wildman–Crippen MR) is 92.7 cm³/mol. The van der Waals surface area contributed by atoms with E-state index in [1.54, 1.807) is 30.3 Å². The number of nitrogens with zero attached hydrogens (tertiary/aromatic N) is 1. The zero-order valence-corrected chi connectivity index (χ0v) is 14.3. The molecule has 0 aliphatic heterocycles. The van der Waals surface area contributed by atoms with Crippen LogP contribution in [-0.4, -0.2) is 5.91 Å². The van der Waals surface area contributed by atoms with Crippen molar-refractivity contribution >= 4 is 39.5 Å². The molecule has 4 nitrogen and oxygen atoms in total. The fraction of sp³-hybridized carbons (Fsp3) is 0.0588. The molecular weight excluding hydrogens is 380 g/mol. The number of rotatable bonds is 5. The number of hydrogen-bond acceptors (Lipinski definition) is 3. The molecule has 0 atom stereocenters. The van der Waals surface area contributed by atoms with Crippen LogP contribution in [0.3, 0.4) is 0 Å². The Bertz CT molecular complexity index is 812. The molecule has 0 saturated carbocycles. The summed E-state index contributed by atoms with van der Waals surface area (Å²) in [5.74, 6) is -0.272. The maximum Gasteiger partial charge on any atom is 0.259 e. The van der Waals surface area contributed by atoms with Crippen LogP contribution < -0.4 is 10.5 Å². The summed E-state index contributed by atoms with van der Waals surface area (Å²) >= 11 is 9.45. The zero-order chi connectivity index (χ0) is 16.8. The van der Waals surface area contributed by atoms with Gasteiger partial charge >= 0.3 is 0 Å². The second kappa shape index (κ2) is 7.82. The van der Waals surface area contributed by atoms with Crippen molar-refractivity contribution in [2.75, 3.05) is 0 Å². The summed E-state index contributed by atoms with van der Waals surface area (Å²) in [6.07, 6.45) is 1.40. The van der Waals surface area contributed by atoms with Crippen molar-refractivity contribution in [1.82, 2.24) is 0 Å². The molecule has 0 aliphatic carbocycles. The van der Waals surface area contributed by atoms with Gasteiger partial charge in [0.05, 0.1) is 0 Å². The lowest BCUT2D eigenvalue weighted by Gasteiger charge is -2.11. The smallest absolute Gasteiger partial charge is 0.259 e. The standard InChI is InChI=1S/C17H12BrClN2O2/c18-14-5-6-16(12(8-14)7-13(9-20)17(21)22)23-10-11-3-1-2-4-15(11)19/h1-8H,10H2,(H2,21,22)/b13-7+. The Morgan fingerprint density at radius 3 is 2.74 bits per heavy atom. The molecule has 6 heteroatoms. The summed E-state index contributed by atoms with van der Waals surface area (Å²) in [5.41, 5.74) is 6.43. The molecule has 0 unspecified atom stereocenters. The van der Waals surface area contributed by atoms with E-state index in [4.69, 9.17) is 27.3 Å². The molecular formula is C17H12BrClN2O2. The molecule has 116 valence electrons. The minimum Gasteiger partial charge on any atom is -0.488 e. The summed E-state index contributed by atoms with van der Waals surface area (Å²) in [6, 6.07) is 14.4. The van der Waals surface area contributed by atoms with Crippen LogP contribution in [0.4, 0.5) is 0 Å². The highest BCUT2D eigenvalue weighted by Crippen LogP contribution is 2.27. The first kappa shape index (κ1) is 17.1. The largest absolute Gasteiger partial charge is 0.488 e. The lowest BCUT2D eigenvalue weighted by atomic mass is 10.1. The van der Waals surface area contributed by atoms with Gasteiger partial charge in [-0.1, -0.05) is 45.7 Å². The average molecular weight is 392 g/mol. The maximum atomic E-state index is 11.2. The summed E-state index contributed by atoms with van der Waals surface area (Å²) in [5, 5.41) is 9.58. The Hall–Kier alpha value is -2.29. The van der Waals surface area contributed by atoms with Crippen LogP contribution in [-0.2, 0) is 11.4 Å². The first-order valence-corrected chi connectivity index (χ1v) is 7.75. The van der Waals surface area contributed by atoms with E-state index in [1.165, 1.54) is 6.08 Å². The van der Waals surface area contributed by atoms with E-state index in [1.807, 2.05) is 18.2 Å². The summed E-state index contributed by atoms with van der Waals surface area (Å²) in [7, 11) is 0. The highest BCUT2D eigenvalue weighted by Gasteiger charge is 2.09. The van der Waals surface area contributed by atoms with Crippen molar-refractivity contribution in [3.63, 3.8) is 0 Å². The molecule has 1 amide bonds. The van der Waals surface area contributed by atoms with Gasteiger partial charge in [0, 0.05) is 20.6 Å². The molecule has 0 radical (unpaired) electrons. The monoisotopic (exact) mass is 390 g/mol. The number of nitrogens with two attached hydrogens (primary N) is 1. The number of amides is 1. The maximum absolute atomic E-state index is 11.2. The minimum atomic E-state index is -0.787. The number of hydrogen-bond donors (Lipinski definition) is 1. The van der Waals surface area contributed by atoms with Gasteiger partial charge < -0.3 is 10.5 Å². The van der Waals surface area contributed by atoms with Gasteiger partial charge in [-0.2, -0.15) is 5.26 Å². The van der Waals surface area contributed by atoms with Gasteiger partial charge in [0.25, 0.3) is 5.91 Å². The van der Waals surface area contributed by atoms with Crippen molar-refractivity contribution in [2.45, 2.75) is 6.61 Å². The van der Waals surface area contributed by atoms with Crippen molar-refractivity contribution in [2.24, 2.45) is 5.73 Å². The van der Waals surface area contributed by atoms with E-state index in [2.05, 4.69) is 15.9 Å². The quantitative estimate of drug-likeness (QED) is 0.616. The Morgan fingerprint density at radius 1 is 1.35 bits per heavy atom. The third kappa shape index (κ3) is 4.59. The lowest BCUT2D eigenvalue weighted by molar-refractivity contribution is -0.114. The molecule has 0 heterocycles. The third-order valence-electron chi connectivity index (χ3n) is 3.00. The van der Waals surface area contributed by atoms with Crippen molar-refractivity contribution in [3.05, 3.63) is 68.7 Å². The van der Waals surface area contributed by atoms with Gasteiger partial charge in [0.15, 0.2) is 0 Å². The van der Waals surface area contributed by atoms with E-state index in [9.17, 15) is 4.79 Å². The Labute approximate surface area is 147 Å². The zero-order valence-electron chi connectivity index (χ0n) is 11.9. The topological polar surface area (TPSA) is 76.1 Å². The fourth-order valence-corrected chi connectivity index (χ4v) is 2.42. The molecule has 2 N–H and O–H groups in total. The Balaban J connectivity index is 2.31. The highest BCUT2D eigenvalue weighted by atomic mass is 79.9. The van der Waals surface area contributed by atoms with Crippen LogP contribution in [0.15, 0.2) is 52.5 Å². The number of carbonyl (C=O) groups excluding carboxylic acids is 1. The molecule has 0 saturated heterocycles. The fourth-order valence-electron chi connectivity index (χ4n) is 1.85. The van der Waals surface area contributed by atoms with Crippen LogP contribution in [0.2, 0.25) is 5.02 Å². The van der Waals surface area contributed by atoms with E-state index in [0.717, 1.165) is 10.0 Å². The lowest BCUT2D eigenvalue weighted by Crippen LogP contribution is -2.12. The molecule has 0 bridgehead atoms. The molecule has 23 heavy (non-hydrogen) atoms. The van der Waals surface area contributed by atoms with E-state index < -0.39 is 5.91 Å². The van der Waals surface area contributed by atoms with Gasteiger partial charge in [-0.05, 0) is 30.3 Å². The molecule has 2 rings (SSSR count). The Kier molecular flexibility index (Phi) is 5.80. The third-order valence-corrected chi connectivity index (χ3v) is 3.86. The van der Waals surface area contributed by atoms with Crippen molar-refractivity contribution in [3.8, 4) is 11.8 Å². The number of nitriles is 1. The molecule has 2 aromatic rings. The second-order valence-corrected chi connectivity index (χ2v) is 5.92. The number of benzene rings is 2. The van der Waals surface area contributed by atoms with Gasteiger partial charge in [0.1, 0.15) is 24.0 Å². The van der Waals surface area contributed by atoms with E-state index in [0.29, 0.717) is 16.3 Å². The van der Waals surface area contributed by atoms with Gasteiger partial charge in [-0.3, -0.25) is 4.79 Å². The van der Waals surface area contributed by atoms with E-state index >= 15 is 0 Å². The van der Waals surface area contributed by atoms with Crippen LogP contribution in [0, 0.1) is 11.3 Å². The van der Waals surface area contributed by atoms with Crippen LogP contribution in [0.5, 0.6) is 5.75 Å². The van der Waals surface area contributed by atoms with Gasteiger partial charge in [0.2, 0.25) is 0 Å². The predicted octanol–water partition coefficient (Wildman–Crippen LogP) is 4.07. The first-order chi connectivity index (χ1) is 11.0. The number of carbonyl (C=O) groups is 1. The number of halogens is 2. The molecule has 0 aromatic heterocycles. The molecule has 2 aromatic carbocycles. The van der Waals surface area contributed by atoms with Gasteiger partial charge in [-0.15, -0.1) is 0 Å². The average Bonchev–Trinajstić information content (AvgIpc) is 2.52. The van der Waals surface area contributed by atoms with Crippen LogP contribution in [0.1, 0.15) is 11.1 Å². The van der Waals surface area contributed by atoms with E-state index in [-0.39, 0.29) is 12.2 Å². The van der Waals surface area contributed by atoms with Crippen molar-refractivity contribution in [1.29, 1.82) is 5.26 Å².